The highest BCUT2D eigenvalue weighted by Crippen LogP contribution is 2.24. The van der Waals surface area contributed by atoms with Gasteiger partial charge in [-0.1, -0.05) is 11.6 Å². The van der Waals surface area contributed by atoms with Crippen molar-refractivity contribution in [3.05, 3.63) is 17.3 Å². The van der Waals surface area contributed by atoms with Crippen molar-refractivity contribution in [1.29, 1.82) is 0 Å². The highest BCUT2D eigenvalue weighted by Gasteiger charge is 2.22. The molecule has 1 atom stereocenters. The first-order chi connectivity index (χ1) is 7.58. The van der Waals surface area contributed by atoms with Crippen LogP contribution in [-0.4, -0.2) is 42.6 Å². The SMILES string of the molecule is C[C@@H]1CN(C)CCN1c1cc(N)c(Cl)cn1. The first kappa shape index (κ1) is 11.5. The van der Waals surface area contributed by atoms with E-state index in [1.807, 2.05) is 6.07 Å². The first-order valence-corrected chi connectivity index (χ1v) is 5.82. The maximum atomic E-state index is 5.86. The second-order valence-electron chi connectivity index (χ2n) is 4.37. The van der Waals surface area contributed by atoms with Crippen molar-refractivity contribution in [1.82, 2.24) is 9.88 Å². The van der Waals surface area contributed by atoms with Crippen LogP contribution in [0.3, 0.4) is 0 Å². The van der Waals surface area contributed by atoms with Crippen molar-refractivity contribution < 1.29 is 0 Å². The largest absolute Gasteiger partial charge is 0.397 e. The maximum absolute atomic E-state index is 5.86. The lowest BCUT2D eigenvalue weighted by molar-refractivity contribution is 0.274. The number of likely N-dealkylation sites (N-methyl/N-ethyl adjacent to an activating group) is 1. The van der Waals surface area contributed by atoms with Gasteiger partial charge >= 0.3 is 0 Å². The lowest BCUT2D eigenvalue weighted by Crippen LogP contribution is -2.50. The van der Waals surface area contributed by atoms with Crippen molar-refractivity contribution in [3.8, 4) is 0 Å². The van der Waals surface area contributed by atoms with Crippen molar-refractivity contribution in [2.24, 2.45) is 0 Å². The highest BCUT2D eigenvalue weighted by molar-refractivity contribution is 6.32. The van der Waals surface area contributed by atoms with Gasteiger partial charge in [0.15, 0.2) is 0 Å². The minimum atomic E-state index is 0.451. The Kier molecular flexibility index (Phi) is 3.21. The minimum absolute atomic E-state index is 0.451. The number of piperazine rings is 1. The Labute approximate surface area is 101 Å². The van der Waals surface area contributed by atoms with Crippen LogP contribution in [0.2, 0.25) is 5.02 Å². The first-order valence-electron chi connectivity index (χ1n) is 5.44. The molecule has 1 aromatic rings. The zero-order valence-corrected chi connectivity index (χ0v) is 10.4. The van der Waals surface area contributed by atoms with E-state index >= 15 is 0 Å². The molecular formula is C11H17ClN4. The molecule has 0 saturated carbocycles. The molecule has 2 N–H and O–H groups in total. The second kappa shape index (κ2) is 4.47. The summed E-state index contributed by atoms with van der Waals surface area (Å²) in [6, 6.07) is 2.30. The smallest absolute Gasteiger partial charge is 0.130 e. The fourth-order valence-electron chi connectivity index (χ4n) is 2.08. The van der Waals surface area contributed by atoms with E-state index in [2.05, 4.69) is 28.8 Å². The van der Waals surface area contributed by atoms with Gasteiger partial charge in [0, 0.05) is 37.9 Å². The van der Waals surface area contributed by atoms with Crippen molar-refractivity contribution in [3.63, 3.8) is 0 Å². The topological polar surface area (TPSA) is 45.4 Å². The number of anilines is 2. The van der Waals surface area contributed by atoms with Gasteiger partial charge in [0.1, 0.15) is 5.82 Å². The Balaban J connectivity index is 2.20. The molecule has 16 heavy (non-hydrogen) atoms. The second-order valence-corrected chi connectivity index (χ2v) is 4.78. The van der Waals surface area contributed by atoms with E-state index < -0.39 is 0 Å². The number of nitrogens with two attached hydrogens (primary N) is 1. The van der Waals surface area contributed by atoms with Crippen LogP contribution in [0.25, 0.3) is 0 Å². The number of aromatic nitrogens is 1. The van der Waals surface area contributed by atoms with E-state index in [-0.39, 0.29) is 0 Å². The Morgan fingerprint density at radius 2 is 2.25 bits per heavy atom. The molecule has 2 heterocycles. The molecule has 1 aliphatic rings. The normalized spacial score (nSPS) is 22.4. The predicted molar refractivity (Wildman–Crippen MR) is 68.0 cm³/mol. The molecule has 0 unspecified atom stereocenters. The predicted octanol–water partition coefficient (Wildman–Crippen LogP) is 1.46. The fourth-order valence-corrected chi connectivity index (χ4v) is 2.18. The number of nitrogens with zero attached hydrogens (tertiary/aromatic N) is 3. The number of halogens is 1. The fraction of sp³-hybridized carbons (Fsp3) is 0.545. The summed E-state index contributed by atoms with van der Waals surface area (Å²) in [6.45, 7) is 5.27. The quantitative estimate of drug-likeness (QED) is 0.807. The average molecular weight is 241 g/mol. The van der Waals surface area contributed by atoms with Gasteiger partial charge in [-0.3, -0.25) is 0 Å². The third-order valence-corrected chi connectivity index (χ3v) is 3.31. The van der Waals surface area contributed by atoms with Crippen LogP contribution >= 0.6 is 11.6 Å². The average Bonchev–Trinajstić information content (AvgIpc) is 2.22. The van der Waals surface area contributed by atoms with Gasteiger partial charge in [-0.15, -0.1) is 0 Å². The third-order valence-electron chi connectivity index (χ3n) is 3.00. The van der Waals surface area contributed by atoms with E-state index in [0.717, 1.165) is 25.5 Å². The minimum Gasteiger partial charge on any atom is -0.397 e. The van der Waals surface area contributed by atoms with Crippen LogP contribution in [0.4, 0.5) is 11.5 Å². The van der Waals surface area contributed by atoms with Gasteiger partial charge in [0.05, 0.1) is 10.7 Å². The number of nitrogen functional groups attached to an aromatic ring is 1. The number of pyridine rings is 1. The van der Waals surface area contributed by atoms with E-state index in [1.54, 1.807) is 6.20 Å². The lowest BCUT2D eigenvalue weighted by atomic mass is 10.2. The van der Waals surface area contributed by atoms with Crippen LogP contribution in [0, 0.1) is 0 Å². The van der Waals surface area contributed by atoms with Crippen LogP contribution in [0.5, 0.6) is 0 Å². The summed E-state index contributed by atoms with van der Waals surface area (Å²) >= 11 is 5.86. The third kappa shape index (κ3) is 2.23. The molecule has 88 valence electrons. The van der Waals surface area contributed by atoms with Gasteiger partial charge in [0.2, 0.25) is 0 Å². The molecule has 0 spiro atoms. The zero-order valence-electron chi connectivity index (χ0n) is 9.65. The van der Waals surface area contributed by atoms with Gasteiger partial charge in [-0.05, 0) is 14.0 Å². The Hall–Kier alpha value is -1.00. The van der Waals surface area contributed by atoms with Crippen molar-refractivity contribution >= 4 is 23.1 Å². The molecule has 1 saturated heterocycles. The Morgan fingerprint density at radius 3 is 2.88 bits per heavy atom. The summed E-state index contributed by atoms with van der Waals surface area (Å²) in [5, 5.41) is 0.519. The molecular weight excluding hydrogens is 224 g/mol. The van der Waals surface area contributed by atoms with Gasteiger partial charge in [-0.25, -0.2) is 4.98 Å². The standard InChI is InChI=1S/C11H17ClN4/c1-8-7-15(2)3-4-16(8)11-5-10(13)9(12)6-14-11/h5-6,8H,3-4,7H2,1-2H3,(H2,13,14)/t8-/m1/s1. The van der Waals surface area contributed by atoms with E-state index in [4.69, 9.17) is 17.3 Å². The molecule has 0 amide bonds. The zero-order chi connectivity index (χ0) is 11.7. The van der Waals surface area contributed by atoms with Gasteiger partial charge in [0.25, 0.3) is 0 Å². The summed E-state index contributed by atoms with van der Waals surface area (Å²) in [5.74, 6) is 0.919. The van der Waals surface area contributed by atoms with E-state index in [1.165, 1.54) is 0 Å². The van der Waals surface area contributed by atoms with Crippen molar-refractivity contribution in [2.75, 3.05) is 37.3 Å². The maximum Gasteiger partial charge on any atom is 0.130 e. The highest BCUT2D eigenvalue weighted by atomic mass is 35.5. The molecule has 1 fully saturated rings. The molecule has 2 rings (SSSR count). The molecule has 0 aromatic carbocycles. The molecule has 0 aliphatic carbocycles. The summed E-state index contributed by atoms with van der Waals surface area (Å²) in [4.78, 5) is 8.92. The molecule has 1 aromatic heterocycles. The van der Waals surface area contributed by atoms with Crippen LogP contribution < -0.4 is 10.6 Å². The Bertz CT molecular complexity index is 382. The monoisotopic (exact) mass is 240 g/mol. The van der Waals surface area contributed by atoms with Crippen LogP contribution in [-0.2, 0) is 0 Å². The van der Waals surface area contributed by atoms with Gasteiger partial charge < -0.3 is 15.5 Å². The van der Waals surface area contributed by atoms with Gasteiger partial charge in [-0.2, -0.15) is 0 Å². The van der Waals surface area contributed by atoms with E-state index in [9.17, 15) is 0 Å². The van der Waals surface area contributed by atoms with Crippen LogP contribution in [0.1, 0.15) is 6.92 Å². The number of rotatable bonds is 1. The summed E-state index contributed by atoms with van der Waals surface area (Å²) in [6.07, 6.45) is 1.62. The molecule has 5 heteroatoms. The molecule has 1 aliphatic heterocycles. The summed E-state index contributed by atoms with van der Waals surface area (Å²) in [7, 11) is 2.14. The van der Waals surface area contributed by atoms with Crippen molar-refractivity contribution in [2.45, 2.75) is 13.0 Å². The summed E-state index contributed by atoms with van der Waals surface area (Å²) < 4.78 is 0. The molecule has 0 bridgehead atoms. The molecule has 4 nitrogen and oxygen atoms in total. The number of hydrogen-bond acceptors (Lipinski definition) is 4. The lowest BCUT2D eigenvalue weighted by Gasteiger charge is -2.39. The van der Waals surface area contributed by atoms with Crippen LogP contribution in [0.15, 0.2) is 12.3 Å². The molecule has 0 radical (unpaired) electrons. The Morgan fingerprint density at radius 1 is 1.50 bits per heavy atom. The number of hydrogen-bond donors (Lipinski definition) is 1. The van der Waals surface area contributed by atoms with E-state index in [0.29, 0.717) is 16.8 Å². The summed E-state index contributed by atoms with van der Waals surface area (Å²) in [5.41, 5.74) is 6.39.